The van der Waals surface area contributed by atoms with Crippen molar-refractivity contribution < 1.29 is 9.53 Å². The van der Waals surface area contributed by atoms with Gasteiger partial charge in [0, 0.05) is 7.05 Å². The van der Waals surface area contributed by atoms with E-state index in [1.165, 1.54) is 25.0 Å². The second kappa shape index (κ2) is 3.12. The third-order valence-electron chi connectivity index (χ3n) is 1.40. The monoisotopic (exact) mass is 169 g/mol. The molecule has 0 aliphatic carbocycles. The van der Waals surface area contributed by atoms with Gasteiger partial charge in [-0.25, -0.2) is 9.48 Å². The third kappa shape index (κ3) is 1.18. The van der Waals surface area contributed by atoms with Crippen LogP contribution in [-0.4, -0.2) is 22.9 Å². The van der Waals surface area contributed by atoms with Crippen molar-refractivity contribution in [3.8, 4) is 0 Å². The number of aryl methyl sites for hydroxylation is 1. The summed E-state index contributed by atoms with van der Waals surface area (Å²) in [5, 5.41) is 6.33. The first-order valence-corrected chi connectivity index (χ1v) is 3.14. The van der Waals surface area contributed by atoms with Gasteiger partial charge >= 0.3 is 5.97 Å². The van der Waals surface area contributed by atoms with Crippen molar-refractivity contribution in [2.24, 2.45) is 12.2 Å². The fourth-order valence-corrected chi connectivity index (χ4v) is 0.793. The molecule has 0 bridgehead atoms. The van der Waals surface area contributed by atoms with Crippen molar-refractivity contribution in [2.45, 2.75) is 0 Å². The summed E-state index contributed by atoms with van der Waals surface area (Å²) in [5.41, 5.74) is 0.0787. The van der Waals surface area contributed by atoms with Crippen molar-refractivity contribution in [2.75, 3.05) is 7.11 Å². The van der Waals surface area contributed by atoms with Crippen molar-refractivity contribution >= 4 is 11.8 Å². The Labute approximate surface area is 68.1 Å². The lowest BCUT2D eigenvalue weighted by Crippen LogP contribution is -2.00. The number of methoxy groups -OCH3 is 1. The van der Waals surface area contributed by atoms with Crippen molar-refractivity contribution in [1.29, 1.82) is 0 Å². The first-order chi connectivity index (χ1) is 5.70. The van der Waals surface area contributed by atoms with Gasteiger partial charge in [-0.3, -0.25) is 0 Å². The summed E-state index contributed by atoms with van der Waals surface area (Å²) >= 11 is 0. The number of rotatable bonds is 2. The number of hydrogen-bond donors (Lipinski definition) is 0. The molecule has 1 aromatic rings. The highest BCUT2D eigenvalue weighted by Gasteiger charge is 2.16. The van der Waals surface area contributed by atoms with Crippen LogP contribution in [0.5, 0.6) is 0 Å². The zero-order chi connectivity index (χ0) is 9.14. The molecular weight excluding hydrogens is 162 g/mol. The zero-order valence-corrected chi connectivity index (χ0v) is 6.64. The first kappa shape index (κ1) is 8.38. The fraction of sp³-hybridized carbons (Fsp3) is 0.333. The molecule has 0 aromatic carbocycles. The molecule has 0 unspecified atom stereocenters. The number of carbonyl (C=O) groups is 1. The fourth-order valence-electron chi connectivity index (χ4n) is 0.793. The lowest BCUT2D eigenvalue weighted by molar-refractivity contribution is 0.0601. The number of hydrogen-bond acceptors (Lipinski definition) is 5. The average molecular weight is 169 g/mol. The van der Waals surface area contributed by atoms with Crippen LogP contribution in [0.15, 0.2) is 11.4 Å². The predicted octanol–water partition coefficient (Wildman–Crippen LogP) is 0.605. The van der Waals surface area contributed by atoms with Crippen LogP contribution < -0.4 is 0 Å². The molecule has 0 radical (unpaired) electrons. The molecule has 6 nitrogen and oxygen atoms in total. The van der Waals surface area contributed by atoms with Gasteiger partial charge < -0.3 is 4.74 Å². The van der Waals surface area contributed by atoms with E-state index in [1.54, 1.807) is 0 Å². The Morgan fingerprint density at radius 1 is 1.75 bits per heavy atom. The third-order valence-corrected chi connectivity index (χ3v) is 1.40. The smallest absolute Gasteiger partial charge is 0.343 e. The van der Waals surface area contributed by atoms with Gasteiger partial charge in [0.2, 0.25) is 5.82 Å². The topological polar surface area (TPSA) is 73.5 Å². The Morgan fingerprint density at radius 2 is 2.42 bits per heavy atom. The molecule has 1 heterocycles. The molecule has 0 amide bonds. The summed E-state index contributed by atoms with van der Waals surface area (Å²) in [4.78, 5) is 21.1. The molecular formula is C6H7N3O3. The summed E-state index contributed by atoms with van der Waals surface area (Å²) in [6.45, 7) is 0. The van der Waals surface area contributed by atoms with Gasteiger partial charge in [0.25, 0.3) is 0 Å². The second-order valence-corrected chi connectivity index (χ2v) is 2.09. The van der Waals surface area contributed by atoms with Crippen LogP contribution in [0.2, 0.25) is 0 Å². The van der Waals surface area contributed by atoms with Crippen molar-refractivity contribution in [3.63, 3.8) is 0 Å². The average Bonchev–Trinajstić information content (AvgIpc) is 2.45. The highest BCUT2D eigenvalue weighted by molar-refractivity contribution is 5.93. The van der Waals surface area contributed by atoms with Gasteiger partial charge in [0.15, 0.2) is 0 Å². The molecule has 6 heteroatoms. The van der Waals surface area contributed by atoms with E-state index in [9.17, 15) is 9.70 Å². The van der Waals surface area contributed by atoms with Gasteiger partial charge in [0.05, 0.1) is 13.3 Å². The standard InChI is InChI=1S/C6H7N3O3/c1-9-5(8-11)4(3-7-9)6(10)12-2/h3H,1-2H3. The molecule has 1 rings (SSSR count). The van der Waals surface area contributed by atoms with Crippen LogP contribution in [0.3, 0.4) is 0 Å². The van der Waals surface area contributed by atoms with Gasteiger partial charge in [-0.05, 0) is 5.18 Å². The van der Waals surface area contributed by atoms with Crippen LogP contribution in [0.4, 0.5) is 5.82 Å². The van der Waals surface area contributed by atoms with E-state index in [2.05, 4.69) is 15.0 Å². The largest absolute Gasteiger partial charge is 0.465 e. The van der Waals surface area contributed by atoms with E-state index < -0.39 is 5.97 Å². The van der Waals surface area contributed by atoms with Crippen molar-refractivity contribution in [1.82, 2.24) is 9.78 Å². The van der Waals surface area contributed by atoms with Crippen LogP contribution in [0, 0.1) is 4.91 Å². The molecule has 64 valence electrons. The zero-order valence-electron chi connectivity index (χ0n) is 6.64. The number of nitrogens with zero attached hydrogens (tertiary/aromatic N) is 3. The molecule has 0 N–H and O–H groups in total. The Kier molecular flexibility index (Phi) is 2.18. The number of nitroso groups, excluding NO2 is 1. The first-order valence-electron chi connectivity index (χ1n) is 3.14. The summed E-state index contributed by atoms with van der Waals surface area (Å²) in [6.07, 6.45) is 1.24. The van der Waals surface area contributed by atoms with E-state index >= 15 is 0 Å². The van der Waals surface area contributed by atoms with Crippen LogP contribution in [0.25, 0.3) is 0 Å². The maximum absolute atomic E-state index is 10.9. The summed E-state index contributed by atoms with van der Waals surface area (Å²) in [7, 11) is 2.74. The number of aromatic nitrogens is 2. The maximum atomic E-state index is 10.9. The van der Waals surface area contributed by atoms with Crippen molar-refractivity contribution in [3.05, 3.63) is 16.7 Å². The minimum absolute atomic E-state index is 0.0261. The number of esters is 1. The lowest BCUT2D eigenvalue weighted by atomic mass is 10.3. The summed E-state index contributed by atoms with van der Waals surface area (Å²) in [5.74, 6) is -0.639. The van der Waals surface area contributed by atoms with E-state index in [0.29, 0.717) is 0 Å². The Bertz CT molecular complexity index is 318. The summed E-state index contributed by atoms with van der Waals surface area (Å²) in [6, 6.07) is 0. The molecule has 0 spiro atoms. The number of ether oxygens (including phenoxy) is 1. The van der Waals surface area contributed by atoms with Gasteiger partial charge in [-0.15, -0.1) is 4.91 Å². The van der Waals surface area contributed by atoms with E-state index in [0.717, 1.165) is 0 Å². The molecule has 0 saturated heterocycles. The van der Waals surface area contributed by atoms with E-state index in [4.69, 9.17) is 0 Å². The highest BCUT2D eigenvalue weighted by atomic mass is 16.5. The van der Waals surface area contributed by atoms with Crippen LogP contribution >= 0.6 is 0 Å². The molecule has 0 saturated carbocycles. The SMILES string of the molecule is COC(=O)c1cnn(C)c1N=O. The molecule has 12 heavy (non-hydrogen) atoms. The second-order valence-electron chi connectivity index (χ2n) is 2.09. The quantitative estimate of drug-likeness (QED) is 0.480. The van der Waals surface area contributed by atoms with Gasteiger partial charge in [-0.1, -0.05) is 0 Å². The van der Waals surface area contributed by atoms with E-state index in [-0.39, 0.29) is 11.4 Å². The minimum atomic E-state index is -0.613. The molecule has 0 fully saturated rings. The van der Waals surface area contributed by atoms with Crippen LogP contribution in [0.1, 0.15) is 10.4 Å². The lowest BCUT2D eigenvalue weighted by Gasteiger charge is -1.94. The highest BCUT2D eigenvalue weighted by Crippen LogP contribution is 2.17. The summed E-state index contributed by atoms with van der Waals surface area (Å²) < 4.78 is 5.61. The predicted molar refractivity (Wildman–Crippen MR) is 40.0 cm³/mol. The molecule has 1 aromatic heterocycles. The van der Waals surface area contributed by atoms with Gasteiger partial charge in [0.1, 0.15) is 5.56 Å². The van der Waals surface area contributed by atoms with Gasteiger partial charge in [-0.2, -0.15) is 5.10 Å². The Balaban J connectivity index is 3.15. The van der Waals surface area contributed by atoms with E-state index in [1.807, 2.05) is 0 Å². The minimum Gasteiger partial charge on any atom is -0.465 e. The van der Waals surface area contributed by atoms with Crippen LogP contribution in [-0.2, 0) is 11.8 Å². The molecule has 0 atom stereocenters. The molecule has 0 aliphatic rings. The normalized spacial score (nSPS) is 9.50. The maximum Gasteiger partial charge on any atom is 0.343 e. The number of carbonyl (C=O) groups excluding carboxylic acids is 1. The Morgan fingerprint density at radius 3 is 2.92 bits per heavy atom. The Hall–Kier alpha value is -1.72. The molecule has 0 aliphatic heterocycles.